The van der Waals surface area contributed by atoms with Crippen LogP contribution in [0, 0.1) is 11.3 Å². The summed E-state index contributed by atoms with van der Waals surface area (Å²) >= 11 is 0. The van der Waals surface area contributed by atoms with E-state index in [-0.39, 0.29) is 6.23 Å². The van der Waals surface area contributed by atoms with Gasteiger partial charge in [-0.1, -0.05) is 27.2 Å². The van der Waals surface area contributed by atoms with Gasteiger partial charge in [-0.3, -0.25) is 4.90 Å². The van der Waals surface area contributed by atoms with E-state index in [0.717, 1.165) is 31.8 Å². The van der Waals surface area contributed by atoms with Gasteiger partial charge in [0.15, 0.2) is 0 Å². The normalized spacial score (nSPS) is 26.5. The third-order valence-corrected chi connectivity index (χ3v) is 4.59. The molecule has 18 heavy (non-hydrogen) atoms. The van der Waals surface area contributed by atoms with Gasteiger partial charge in [-0.25, -0.2) is 0 Å². The molecule has 0 bridgehead atoms. The fourth-order valence-electron chi connectivity index (χ4n) is 3.51. The number of nitrogens with zero attached hydrogens (tertiary/aromatic N) is 2. The Morgan fingerprint density at radius 2 is 1.78 bits per heavy atom. The molecule has 1 atom stereocenters. The zero-order valence-electron chi connectivity index (χ0n) is 12.4. The molecule has 3 nitrogen and oxygen atoms in total. The maximum absolute atomic E-state index is 9.97. The lowest BCUT2D eigenvalue weighted by molar-refractivity contribution is -0.132. The second kappa shape index (κ2) is 5.89. The van der Waals surface area contributed by atoms with Gasteiger partial charge in [0.25, 0.3) is 0 Å². The zero-order chi connectivity index (χ0) is 13.2. The van der Waals surface area contributed by atoms with Gasteiger partial charge in [-0.05, 0) is 43.7 Å². The smallest absolute Gasteiger partial charge is 0.107 e. The Bertz CT molecular complexity index is 251. The summed E-state index contributed by atoms with van der Waals surface area (Å²) in [4.78, 5) is 4.88. The maximum Gasteiger partial charge on any atom is 0.107 e. The predicted octanol–water partition coefficient (Wildman–Crippen LogP) is 2.16. The Hall–Kier alpha value is -0.120. The van der Waals surface area contributed by atoms with Crippen molar-refractivity contribution >= 4 is 0 Å². The SMILES string of the molecule is CCCC(O)N1CC2(CCN(CC(C)C)CC2)C1. The van der Waals surface area contributed by atoms with Gasteiger partial charge < -0.3 is 10.0 Å². The topological polar surface area (TPSA) is 26.7 Å². The zero-order valence-corrected chi connectivity index (χ0v) is 12.4. The van der Waals surface area contributed by atoms with Crippen LogP contribution in [0.25, 0.3) is 0 Å². The number of aliphatic hydroxyl groups excluding tert-OH is 1. The largest absolute Gasteiger partial charge is 0.378 e. The molecule has 1 unspecified atom stereocenters. The van der Waals surface area contributed by atoms with Gasteiger partial charge in [0, 0.05) is 19.6 Å². The lowest BCUT2D eigenvalue weighted by Crippen LogP contribution is -2.63. The van der Waals surface area contributed by atoms with Crippen molar-refractivity contribution in [3.8, 4) is 0 Å². The average Bonchev–Trinajstić information content (AvgIpc) is 2.27. The first-order valence-corrected chi connectivity index (χ1v) is 7.69. The van der Waals surface area contributed by atoms with Gasteiger partial charge in [0.1, 0.15) is 6.23 Å². The fraction of sp³-hybridized carbons (Fsp3) is 1.00. The van der Waals surface area contributed by atoms with Crippen LogP contribution in [0.1, 0.15) is 46.5 Å². The molecule has 0 aliphatic carbocycles. The Kier molecular flexibility index (Phi) is 4.68. The first kappa shape index (κ1) is 14.3. The van der Waals surface area contributed by atoms with Crippen molar-refractivity contribution in [2.75, 3.05) is 32.7 Å². The number of hydrogen-bond donors (Lipinski definition) is 1. The van der Waals surface area contributed by atoms with Crippen LogP contribution in [0.2, 0.25) is 0 Å². The second-order valence-corrected chi connectivity index (χ2v) is 6.87. The van der Waals surface area contributed by atoms with Gasteiger partial charge in [0.05, 0.1) is 0 Å². The molecule has 2 fully saturated rings. The Morgan fingerprint density at radius 3 is 2.28 bits per heavy atom. The number of likely N-dealkylation sites (tertiary alicyclic amines) is 2. The third kappa shape index (κ3) is 3.25. The van der Waals surface area contributed by atoms with Crippen LogP contribution < -0.4 is 0 Å². The van der Waals surface area contributed by atoms with Gasteiger partial charge in [-0.2, -0.15) is 0 Å². The minimum atomic E-state index is -0.186. The number of rotatable bonds is 5. The molecule has 0 aromatic rings. The van der Waals surface area contributed by atoms with Crippen molar-refractivity contribution < 1.29 is 5.11 Å². The molecule has 2 aliphatic heterocycles. The summed E-state index contributed by atoms with van der Waals surface area (Å²) in [7, 11) is 0. The summed E-state index contributed by atoms with van der Waals surface area (Å²) in [6.45, 7) is 12.8. The lowest BCUT2D eigenvalue weighted by atomic mass is 9.71. The van der Waals surface area contributed by atoms with Crippen LogP contribution in [0.3, 0.4) is 0 Å². The Morgan fingerprint density at radius 1 is 1.17 bits per heavy atom. The van der Waals surface area contributed by atoms with Crippen molar-refractivity contribution in [1.29, 1.82) is 0 Å². The van der Waals surface area contributed by atoms with Gasteiger partial charge in [-0.15, -0.1) is 0 Å². The summed E-state index contributed by atoms with van der Waals surface area (Å²) < 4.78 is 0. The van der Waals surface area contributed by atoms with Crippen molar-refractivity contribution in [2.24, 2.45) is 11.3 Å². The molecule has 0 amide bonds. The van der Waals surface area contributed by atoms with Crippen LogP contribution in [-0.4, -0.2) is 53.9 Å². The molecule has 106 valence electrons. The summed E-state index contributed by atoms with van der Waals surface area (Å²) in [5.74, 6) is 0.781. The van der Waals surface area contributed by atoms with Crippen LogP contribution in [0.4, 0.5) is 0 Å². The van der Waals surface area contributed by atoms with E-state index < -0.39 is 0 Å². The molecule has 0 radical (unpaired) electrons. The first-order chi connectivity index (χ1) is 8.54. The molecule has 2 saturated heterocycles. The maximum atomic E-state index is 9.97. The Labute approximate surface area is 112 Å². The molecular formula is C15H30N2O. The van der Waals surface area contributed by atoms with Crippen molar-refractivity contribution in [1.82, 2.24) is 9.80 Å². The van der Waals surface area contributed by atoms with Gasteiger partial charge >= 0.3 is 0 Å². The minimum Gasteiger partial charge on any atom is -0.378 e. The third-order valence-electron chi connectivity index (χ3n) is 4.59. The highest BCUT2D eigenvalue weighted by Crippen LogP contribution is 2.41. The first-order valence-electron chi connectivity index (χ1n) is 7.69. The van der Waals surface area contributed by atoms with Crippen molar-refractivity contribution in [3.63, 3.8) is 0 Å². The number of hydrogen-bond acceptors (Lipinski definition) is 3. The van der Waals surface area contributed by atoms with E-state index in [1.807, 2.05) is 0 Å². The summed E-state index contributed by atoms with van der Waals surface area (Å²) in [5.41, 5.74) is 0.544. The molecule has 1 N–H and O–H groups in total. The molecule has 1 spiro atoms. The second-order valence-electron chi connectivity index (χ2n) is 6.87. The monoisotopic (exact) mass is 254 g/mol. The van der Waals surface area contributed by atoms with Crippen LogP contribution >= 0.6 is 0 Å². The molecule has 2 aliphatic rings. The highest BCUT2D eigenvalue weighted by molar-refractivity contribution is 4.98. The van der Waals surface area contributed by atoms with E-state index in [1.54, 1.807) is 0 Å². The molecule has 3 heteroatoms. The molecule has 2 rings (SSSR count). The molecule has 0 aromatic carbocycles. The molecule has 2 heterocycles. The van der Waals surface area contributed by atoms with E-state index in [0.29, 0.717) is 5.41 Å². The van der Waals surface area contributed by atoms with Gasteiger partial charge in [0.2, 0.25) is 0 Å². The minimum absolute atomic E-state index is 0.186. The van der Waals surface area contributed by atoms with Crippen LogP contribution in [0.5, 0.6) is 0 Å². The van der Waals surface area contributed by atoms with E-state index >= 15 is 0 Å². The summed E-state index contributed by atoms with van der Waals surface area (Å²) in [6, 6.07) is 0. The number of aliphatic hydroxyl groups is 1. The Balaban J connectivity index is 1.71. The molecule has 0 saturated carbocycles. The van der Waals surface area contributed by atoms with E-state index in [9.17, 15) is 5.11 Å². The molecule has 0 aromatic heterocycles. The fourth-order valence-corrected chi connectivity index (χ4v) is 3.51. The highest BCUT2D eigenvalue weighted by atomic mass is 16.3. The van der Waals surface area contributed by atoms with Crippen LogP contribution in [0.15, 0.2) is 0 Å². The van der Waals surface area contributed by atoms with Crippen molar-refractivity contribution in [3.05, 3.63) is 0 Å². The van der Waals surface area contributed by atoms with Crippen LogP contribution in [-0.2, 0) is 0 Å². The van der Waals surface area contributed by atoms with E-state index in [4.69, 9.17) is 0 Å². The average molecular weight is 254 g/mol. The highest BCUT2D eigenvalue weighted by Gasteiger charge is 2.46. The summed E-state index contributed by atoms with van der Waals surface area (Å²) in [6.07, 6.45) is 4.47. The predicted molar refractivity (Wildman–Crippen MR) is 75.4 cm³/mol. The lowest BCUT2D eigenvalue weighted by Gasteiger charge is -2.55. The van der Waals surface area contributed by atoms with Crippen molar-refractivity contribution in [2.45, 2.75) is 52.7 Å². The molecular weight excluding hydrogens is 224 g/mol. The standard InChI is InChI=1S/C15H30N2O/c1-4-5-14(18)17-11-15(12-17)6-8-16(9-7-15)10-13(2)3/h13-14,18H,4-12H2,1-3H3. The van der Waals surface area contributed by atoms with E-state index in [2.05, 4.69) is 30.6 Å². The van der Waals surface area contributed by atoms with E-state index in [1.165, 1.54) is 32.5 Å². The summed E-state index contributed by atoms with van der Waals surface area (Å²) in [5, 5.41) is 9.97. The quantitative estimate of drug-likeness (QED) is 0.814. The number of piperidine rings is 1.